The van der Waals surface area contributed by atoms with E-state index in [0.717, 1.165) is 24.4 Å². The van der Waals surface area contributed by atoms with Gasteiger partial charge in [0.25, 0.3) is 11.8 Å². The van der Waals surface area contributed by atoms with Crippen molar-refractivity contribution in [3.63, 3.8) is 0 Å². The normalized spacial score (nSPS) is 14.1. The number of carbonyl (C=O) groups is 2. The molecule has 8 nitrogen and oxygen atoms in total. The molecule has 6 rings (SSSR count). The predicted octanol–water partition coefficient (Wildman–Crippen LogP) is 6.41. The van der Waals surface area contributed by atoms with Gasteiger partial charge in [-0.2, -0.15) is 31.4 Å². The maximum Gasteiger partial charge on any atom is 0.433 e. The average Bonchev–Trinajstić information content (AvgIpc) is 3.57. The molecule has 0 bridgehead atoms. The molecule has 3 N–H and O–H groups in total. The maximum absolute atomic E-state index is 13.8. The number of fused-ring (bicyclic) bond motifs is 2. The minimum absolute atomic E-state index is 0.0974. The van der Waals surface area contributed by atoms with Crippen LogP contribution in [0.5, 0.6) is 0 Å². The van der Waals surface area contributed by atoms with E-state index < -0.39 is 47.0 Å². The second kappa shape index (κ2) is 9.47. The van der Waals surface area contributed by atoms with Crippen molar-refractivity contribution in [2.45, 2.75) is 31.1 Å². The van der Waals surface area contributed by atoms with Gasteiger partial charge in [-0.05, 0) is 48.2 Å². The van der Waals surface area contributed by atoms with Crippen molar-refractivity contribution in [3.8, 4) is 11.1 Å². The lowest BCUT2D eigenvalue weighted by Gasteiger charge is -2.13. The molecule has 42 heavy (non-hydrogen) atoms. The molecule has 0 spiro atoms. The highest BCUT2D eigenvalue weighted by Gasteiger charge is 2.39. The second-order valence-corrected chi connectivity index (χ2v) is 10.5. The minimum Gasteiger partial charge on any atom is -0.365 e. The fraction of sp³-hybridized carbons (Fsp3) is 0.192. The van der Waals surface area contributed by atoms with Crippen molar-refractivity contribution in [1.82, 2.24) is 19.6 Å². The van der Waals surface area contributed by atoms with Crippen LogP contribution in [0.25, 0.3) is 27.0 Å². The van der Waals surface area contributed by atoms with Gasteiger partial charge in [-0.1, -0.05) is 12.1 Å². The number of benzene rings is 1. The molecule has 1 fully saturated rings. The number of nitrogens with two attached hydrogens (primary N) is 1. The summed E-state index contributed by atoms with van der Waals surface area (Å²) in [5.41, 5.74) is 2.00. The summed E-state index contributed by atoms with van der Waals surface area (Å²) in [5, 5.41) is 6.00. The van der Waals surface area contributed by atoms with Crippen molar-refractivity contribution < 1.29 is 40.3 Å². The van der Waals surface area contributed by atoms with Crippen LogP contribution in [0, 0.1) is 5.82 Å². The molecule has 0 radical (unpaired) electrons. The first-order valence-corrected chi connectivity index (χ1v) is 12.9. The first-order chi connectivity index (χ1) is 19.7. The summed E-state index contributed by atoms with van der Waals surface area (Å²) in [6.45, 7) is 0. The Bertz CT molecular complexity index is 1910. The standard InChI is InChI=1S/C26H15F7N6O2S/c27-12-5-3-10(4-6-12)13-7-16(25(28,29)30)37-24-18(13)19(20(42-24)21(34)40)38-23(41)14-9-35-39-17(26(31,32)33)8-15(11-1-2-11)36-22(14)39/h3-9,11H,1-2H2,(H2,34,40)(H,38,41). The van der Waals surface area contributed by atoms with Gasteiger partial charge in [0.2, 0.25) is 0 Å². The first-order valence-electron chi connectivity index (χ1n) is 12.1. The van der Waals surface area contributed by atoms with Crippen LogP contribution in [0.1, 0.15) is 55.9 Å². The topological polar surface area (TPSA) is 115 Å². The van der Waals surface area contributed by atoms with Gasteiger partial charge in [-0.25, -0.2) is 18.9 Å². The van der Waals surface area contributed by atoms with Crippen molar-refractivity contribution in [3.05, 3.63) is 75.9 Å². The molecule has 1 aliphatic carbocycles. The fourth-order valence-corrected chi connectivity index (χ4v) is 5.51. The largest absolute Gasteiger partial charge is 0.433 e. The van der Waals surface area contributed by atoms with Crippen LogP contribution in [-0.4, -0.2) is 31.4 Å². The maximum atomic E-state index is 13.8. The number of rotatable bonds is 5. The van der Waals surface area contributed by atoms with Crippen LogP contribution < -0.4 is 11.1 Å². The summed E-state index contributed by atoms with van der Waals surface area (Å²) >= 11 is 0.478. The zero-order chi connectivity index (χ0) is 30.1. The smallest absolute Gasteiger partial charge is 0.365 e. The third-order valence-corrected chi connectivity index (χ3v) is 7.69. The van der Waals surface area contributed by atoms with Crippen LogP contribution >= 0.6 is 11.3 Å². The zero-order valence-electron chi connectivity index (χ0n) is 20.8. The molecule has 0 atom stereocenters. The highest BCUT2D eigenvalue weighted by Crippen LogP contribution is 2.44. The number of carbonyl (C=O) groups excluding carboxylic acids is 2. The van der Waals surface area contributed by atoms with Gasteiger partial charge < -0.3 is 11.1 Å². The van der Waals surface area contributed by atoms with Crippen LogP contribution in [0.4, 0.5) is 36.4 Å². The lowest BCUT2D eigenvalue weighted by atomic mass is 10.0. The highest BCUT2D eigenvalue weighted by molar-refractivity contribution is 7.21. The summed E-state index contributed by atoms with van der Waals surface area (Å²) in [5.74, 6) is -3.04. The van der Waals surface area contributed by atoms with Gasteiger partial charge in [-0.15, -0.1) is 11.3 Å². The Morgan fingerprint density at radius 1 is 1.00 bits per heavy atom. The number of alkyl halides is 6. The molecule has 216 valence electrons. The van der Waals surface area contributed by atoms with E-state index in [1.54, 1.807) is 0 Å². The van der Waals surface area contributed by atoms with Crippen molar-refractivity contribution in [2.24, 2.45) is 5.73 Å². The molecule has 1 saturated carbocycles. The molecule has 16 heteroatoms. The number of nitrogens with one attached hydrogen (secondary N) is 1. The minimum atomic E-state index is -4.90. The molecule has 4 heterocycles. The second-order valence-electron chi connectivity index (χ2n) is 9.50. The molecule has 1 aliphatic rings. The number of primary amides is 1. The summed E-state index contributed by atoms with van der Waals surface area (Å²) in [7, 11) is 0. The van der Waals surface area contributed by atoms with Gasteiger partial charge in [0, 0.05) is 17.0 Å². The average molecular weight is 608 g/mol. The number of nitrogens with zero attached hydrogens (tertiary/aromatic N) is 4. The Labute approximate surface area is 234 Å². The molecular weight excluding hydrogens is 593 g/mol. The Morgan fingerprint density at radius 2 is 1.69 bits per heavy atom. The molecule has 0 aliphatic heterocycles. The van der Waals surface area contributed by atoms with E-state index >= 15 is 0 Å². The quantitative estimate of drug-likeness (QED) is 0.224. The third kappa shape index (κ3) is 4.80. The van der Waals surface area contributed by atoms with Gasteiger partial charge in [0.1, 0.15) is 32.5 Å². The van der Waals surface area contributed by atoms with Crippen molar-refractivity contribution >= 4 is 44.7 Å². The zero-order valence-corrected chi connectivity index (χ0v) is 21.6. The summed E-state index contributed by atoms with van der Waals surface area (Å²) in [6.07, 6.45) is -7.61. The Kier molecular flexibility index (Phi) is 6.22. The van der Waals surface area contributed by atoms with Crippen LogP contribution in [-0.2, 0) is 12.4 Å². The molecule has 5 aromatic rings. The lowest BCUT2D eigenvalue weighted by Crippen LogP contribution is -2.18. The number of thiophene rings is 1. The number of anilines is 1. The summed E-state index contributed by atoms with van der Waals surface area (Å²) in [4.78, 5) is 33.0. The SMILES string of the molecule is NC(=O)c1sc2nc(C(F)(F)F)cc(-c3ccc(F)cc3)c2c1NC(=O)c1cnn2c(C(F)(F)F)cc(C3CC3)nc12. The number of halogens is 7. The van der Waals surface area contributed by atoms with Gasteiger partial charge in [0.05, 0.1) is 11.9 Å². The number of hydrogen-bond acceptors (Lipinski definition) is 6. The van der Waals surface area contributed by atoms with E-state index in [4.69, 9.17) is 5.73 Å². The van der Waals surface area contributed by atoms with Gasteiger partial charge >= 0.3 is 12.4 Å². The fourth-order valence-electron chi connectivity index (χ4n) is 4.51. The van der Waals surface area contributed by atoms with E-state index in [0.29, 0.717) is 34.8 Å². The van der Waals surface area contributed by atoms with Crippen molar-refractivity contribution in [1.29, 1.82) is 0 Å². The number of amides is 2. The summed E-state index contributed by atoms with van der Waals surface area (Å²) in [6, 6.07) is 5.96. The van der Waals surface area contributed by atoms with E-state index in [1.165, 1.54) is 12.1 Å². The molecule has 0 saturated heterocycles. The van der Waals surface area contributed by atoms with Crippen LogP contribution in [0.15, 0.2) is 42.6 Å². The van der Waals surface area contributed by atoms with E-state index in [-0.39, 0.29) is 49.1 Å². The lowest BCUT2D eigenvalue weighted by molar-refractivity contribution is -0.143. The molecular formula is C26H15F7N6O2S. The van der Waals surface area contributed by atoms with Crippen LogP contribution in [0.3, 0.4) is 0 Å². The third-order valence-electron chi connectivity index (χ3n) is 6.59. The van der Waals surface area contributed by atoms with Gasteiger partial charge in [-0.3, -0.25) is 9.59 Å². The van der Waals surface area contributed by atoms with Crippen LogP contribution in [0.2, 0.25) is 0 Å². The van der Waals surface area contributed by atoms with E-state index in [1.807, 2.05) is 0 Å². The van der Waals surface area contributed by atoms with E-state index in [9.17, 15) is 40.3 Å². The monoisotopic (exact) mass is 608 g/mol. The molecule has 4 aromatic heterocycles. The Morgan fingerprint density at radius 3 is 2.29 bits per heavy atom. The van der Waals surface area contributed by atoms with Gasteiger partial charge in [0.15, 0.2) is 5.65 Å². The highest BCUT2D eigenvalue weighted by atomic mass is 32.1. The molecule has 0 unspecified atom stereocenters. The molecule has 2 amide bonds. The van der Waals surface area contributed by atoms with Crippen molar-refractivity contribution in [2.75, 3.05) is 5.32 Å². The summed E-state index contributed by atoms with van der Waals surface area (Å²) < 4.78 is 96.7. The van der Waals surface area contributed by atoms with E-state index in [2.05, 4.69) is 20.4 Å². The Balaban J connectivity index is 1.54. The predicted molar refractivity (Wildman–Crippen MR) is 136 cm³/mol. The number of hydrogen-bond donors (Lipinski definition) is 2. The molecule has 1 aromatic carbocycles. The first kappa shape index (κ1) is 27.6. The number of pyridine rings is 1. The number of aromatic nitrogens is 4. The Hall–Kier alpha value is -4.60.